The van der Waals surface area contributed by atoms with E-state index in [0.29, 0.717) is 11.6 Å². The van der Waals surface area contributed by atoms with E-state index in [4.69, 9.17) is 0 Å². The number of halogens is 2. The predicted octanol–water partition coefficient (Wildman–Crippen LogP) is 4.80. The molecule has 0 heterocycles. The third kappa shape index (κ3) is 1.40. The Labute approximate surface area is 167 Å². The zero-order valence-corrected chi connectivity index (χ0v) is 17.1. The highest BCUT2D eigenvalue weighted by molar-refractivity contribution is 9.11. The lowest BCUT2D eigenvalue weighted by atomic mass is 9.74. The molecule has 26 heavy (non-hydrogen) atoms. The number of hydrogen-bond acceptors (Lipinski definition) is 2. The van der Waals surface area contributed by atoms with Gasteiger partial charge in [-0.3, -0.25) is 9.59 Å². The van der Waals surface area contributed by atoms with Crippen LogP contribution in [-0.2, 0) is 38.5 Å². The number of Topliss-reactive ketones (excluding diaryl/α,β-unsaturated/α-hetero) is 2. The first kappa shape index (κ1) is 14.8. The fraction of sp³-hybridized carbons (Fsp3) is 0.364. The summed E-state index contributed by atoms with van der Waals surface area (Å²) in [6, 6.07) is 0. The van der Waals surface area contributed by atoms with Crippen LogP contribution in [0, 0.1) is 11.8 Å². The molecular weight excluding hydrogens is 456 g/mol. The van der Waals surface area contributed by atoms with Crippen LogP contribution in [0.5, 0.6) is 0 Å². The van der Waals surface area contributed by atoms with Gasteiger partial charge in [0.25, 0.3) is 0 Å². The topological polar surface area (TPSA) is 34.1 Å². The molecule has 0 radical (unpaired) electrons. The lowest BCUT2D eigenvalue weighted by Crippen LogP contribution is -2.22. The van der Waals surface area contributed by atoms with Gasteiger partial charge in [0.15, 0.2) is 11.6 Å². The van der Waals surface area contributed by atoms with E-state index in [-0.39, 0.29) is 11.8 Å². The Bertz CT molecular complexity index is 1160. The van der Waals surface area contributed by atoms with Gasteiger partial charge in [0.1, 0.15) is 0 Å². The quantitative estimate of drug-likeness (QED) is 0.555. The van der Waals surface area contributed by atoms with Crippen molar-refractivity contribution < 1.29 is 9.59 Å². The summed E-state index contributed by atoms with van der Waals surface area (Å²) in [6.07, 6.45) is 5.35. The van der Waals surface area contributed by atoms with E-state index in [1.165, 1.54) is 49.0 Å². The lowest BCUT2D eigenvalue weighted by molar-refractivity contribution is 0.0917. The van der Waals surface area contributed by atoms with Gasteiger partial charge >= 0.3 is 0 Å². The number of rotatable bonds is 0. The molecule has 7 rings (SSSR count). The summed E-state index contributed by atoms with van der Waals surface area (Å²) >= 11 is 7.55. The molecule has 2 aromatic rings. The first-order valence-corrected chi connectivity index (χ1v) is 11.0. The third-order valence-electron chi connectivity index (χ3n) is 7.41. The normalized spacial score (nSPS) is 25.3. The lowest BCUT2D eigenvalue weighted by Gasteiger charge is -2.30. The average Bonchev–Trinajstić information content (AvgIpc) is 3.08. The Balaban J connectivity index is 1.69. The largest absolute Gasteiger partial charge is 0.294 e. The maximum Gasteiger partial charge on any atom is 0.168 e. The van der Waals surface area contributed by atoms with Crippen molar-refractivity contribution in [3.05, 3.63) is 53.5 Å². The molecule has 0 aliphatic heterocycles. The number of fused-ring (bicyclic) bond motifs is 11. The molecule has 4 heteroatoms. The van der Waals surface area contributed by atoms with Crippen molar-refractivity contribution in [2.24, 2.45) is 11.8 Å². The number of ketones is 2. The number of carbonyl (C=O) groups is 2. The Kier molecular flexibility index (Phi) is 2.50. The van der Waals surface area contributed by atoms with E-state index < -0.39 is 0 Å². The molecule has 0 amide bonds. The van der Waals surface area contributed by atoms with Gasteiger partial charge in [-0.2, -0.15) is 0 Å². The summed E-state index contributed by atoms with van der Waals surface area (Å²) in [4.78, 5) is 26.2. The maximum atomic E-state index is 13.2. The van der Waals surface area contributed by atoms with Gasteiger partial charge in [-0.1, -0.05) is 15.9 Å². The average molecular weight is 470 g/mol. The van der Waals surface area contributed by atoms with Crippen molar-refractivity contribution >= 4 is 43.4 Å². The minimum absolute atomic E-state index is 0.127. The van der Waals surface area contributed by atoms with Gasteiger partial charge in [-0.25, -0.2) is 0 Å². The molecule has 2 nitrogen and oxygen atoms in total. The minimum Gasteiger partial charge on any atom is -0.294 e. The monoisotopic (exact) mass is 468 g/mol. The molecule has 2 unspecified atom stereocenters. The molecule has 0 fully saturated rings. The van der Waals surface area contributed by atoms with E-state index in [1.807, 2.05) is 0 Å². The van der Waals surface area contributed by atoms with Gasteiger partial charge in [0, 0.05) is 31.9 Å². The zero-order valence-electron chi connectivity index (χ0n) is 14.0. The van der Waals surface area contributed by atoms with Crippen LogP contribution in [0.2, 0.25) is 0 Å². The SMILES string of the molecule is O=C1c2c(Br)c3c(c4c2CCc2c5c(Br)c6c(c2-4)C(=O)C(C5)C6)CC1C3. The second-order valence-corrected chi connectivity index (χ2v) is 10.0. The summed E-state index contributed by atoms with van der Waals surface area (Å²) in [6.45, 7) is 0. The molecule has 0 spiro atoms. The van der Waals surface area contributed by atoms with E-state index in [0.717, 1.165) is 54.1 Å². The Morgan fingerprint density at radius 3 is 1.88 bits per heavy atom. The van der Waals surface area contributed by atoms with Crippen LogP contribution in [0.25, 0.3) is 11.1 Å². The van der Waals surface area contributed by atoms with Gasteiger partial charge < -0.3 is 0 Å². The number of benzene rings is 2. The Morgan fingerprint density at radius 2 is 1.12 bits per heavy atom. The van der Waals surface area contributed by atoms with E-state index >= 15 is 0 Å². The molecule has 0 saturated heterocycles. The predicted molar refractivity (Wildman–Crippen MR) is 105 cm³/mol. The highest BCUT2D eigenvalue weighted by atomic mass is 79.9. The molecule has 128 valence electrons. The van der Waals surface area contributed by atoms with Crippen LogP contribution in [0.4, 0.5) is 0 Å². The summed E-state index contributed by atoms with van der Waals surface area (Å²) in [5.41, 5.74) is 12.3. The van der Waals surface area contributed by atoms with Crippen molar-refractivity contribution in [3.63, 3.8) is 0 Å². The fourth-order valence-electron chi connectivity index (χ4n) is 6.38. The molecule has 2 atom stereocenters. The van der Waals surface area contributed by atoms with Gasteiger partial charge in [0.05, 0.1) is 0 Å². The van der Waals surface area contributed by atoms with Crippen molar-refractivity contribution in [3.8, 4) is 11.1 Å². The zero-order chi connectivity index (χ0) is 17.5. The molecule has 6 bridgehead atoms. The molecular formula is C22H14Br2O2. The van der Waals surface area contributed by atoms with Crippen LogP contribution >= 0.6 is 31.9 Å². The third-order valence-corrected chi connectivity index (χ3v) is 9.25. The molecule has 5 aliphatic rings. The van der Waals surface area contributed by atoms with Crippen LogP contribution in [0.15, 0.2) is 8.95 Å². The van der Waals surface area contributed by atoms with Crippen molar-refractivity contribution in [1.29, 1.82) is 0 Å². The van der Waals surface area contributed by atoms with Crippen LogP contribution in [0.1, 0.15) is 54.1 Å². The van der Waals surface area contributed by atoms with Gasteiger partial charge in [-0.15, -0.1) is 0 Å². The van der Waals surface area contributed by atoms with Gasteiger partial charge in [0.2, 0.25) is 0 Å². The first-order chi connectivity index (χ1) is 12.6. The first-order valence-electron chi connectivity index (χ1n) is 9.37. The molecule has 0 N–H and O–H groups in total. The minimum atomic E-state index is 0.127. The number of carbonyl (C=O) groups excluding carboxylic acids is 2. The van der Waals surface area contributed by atoms with E-state index in [1.54, 1.807) is 0 Å². The molecule has 0 saturated carbocycles. The van der Waals surface area contributed by atoms with Crippen molar-refractivity contribution in [1.82, 2.24) is 0 Å². The summed E-state index contributed by atoms with van der Waals surface area (Å²) in [5, 5.41) is 0. The second kappa shape index (κ2) is 4.41. The van der Waals surface area contributed by atoms with Crippen molar-refractivity contribution in [2.75, 3.05) is 0 Å². The van der Waals surface area contributed by atoms with E-state index in [9.17, 15) is 9.59 Å². The smallest absolute Gasteiger partial charge is 0.168 e. The van der Waals surface area contributed by atoms with Crippen LogP contribution in [0.3, 0.4) is 0 Å². The van der Waals surface area contributed by atoms with Crippen LogP contribution < -0.4 is 0 Å². The highest BCUT2D eigenvalue weighted by Crippen LogP contribution is 2.57. The number of hydrogen-bond donors (Lipinski definition) is 0. The molecule has 0 aromatic heterocycles. The summed E-state index contributed by atoms with van der Waals surface area (Å²) < 4.78 is 2.23. The van der Waals surface area contributed by atoms with Crippen molar-refractivity contribution in [2.45, 2.75) is 38.5 Å². The van der Waals surface area contributed by atoms with Gasteiger partial charge in [-0.05, 0) is 99.0 Å². The Hall–Kier alpha value is -1.26. The highest BCUT2D eigenvalue weighted by Gasteiger charge is 2.47. The second-order valence-electron chi connectivity index (χ2n) is 8.44. The summed E-state index contributed by atoms with van der Waals surface area (Å²) in [7, 11) is 0. The summed E-state index contributed by atoms with van der Waals surface area (Å²) in [5.74, 6) is 0.926. The maximum absolute atomic E-state index is 13.2. The van der Waals surface area contributed by atoms with Crippen LogP contribution in [-0.4, -0.2) is 11.6 Å². The standard InChI is InChI=1S/C22H14Br2O2/c23-19-12-4-8-6-14(19)17(21(8)25)16-9(12)1-2-10-15(16)11-3-7-5-13(11)20(24)18(10)22(7)26/h7-8H,1-6H2. The fourth-order valence-corrected chi connectivity index (χ4v) is 7.98. The molecule has 2 aromatic carbocycles. The molecule has 5 aliphatic carbocycles. The Morgan fingerprint density at radius 1 is 0.538 bits per heavy atom. The van der Waals surface area contributed by atoms with E-state index in [2.05, 4.69) is 31.9 Å².